The quantitative estimate of drug-likeness (QED) is 0.488. The molecule has 0 aliphatic carbocycles. The molecule has 0 unspecified atom stereocenters. The summed E-state index contributed by atoms with van der Waals surface area (Å²) in [4.78, 5) is 15.4. The first-order valence-corrected chi connectivity index (χ1v) is 10.9. The smallest absolute Gasteiger partial charge is 0.257 e. The standard InChI is InChI=1S/C26H25N3O3/c1-18-7-12-24(32-18)25-23(17-29(27-25)21-5-3-2-4-6-21)26(31)28-15-13-20(14-16-28)19-8-10-22(30)11-9-19/h2-12,17,20,30H,13-16H2,1H3. The van der Waals surface area contributed by atoms with Crippen molar-refractivity contribution in [2.45, 2.75) is 25.7 Å². The summed E-state index contributed by atoms with van der Waals surface area (Å²) < 4.78 is 7.55. The number of aromatic nitrogens is 2. The van der Waals surface area contributed by atoms with Crippen LogP contribution in [-0.2, 0) is 0 Å². The minimum atomic E-state index is -0.0274. The van der Waals surface area contributed by atoms with Crippen molar-refractivity contribution in [3.05, 3.63) is 89.8 Å². The molecule has 1 aliphatic heterocycles. The highest BCUT2D eigenvalue weighted by atomic mass is 16.3. The van der Waals surface area contributed by atoms with Crippen molar-refractivity contribution in [2.75, 3.05) is 13.1 Å². The Labute approximate surface area is 186 Å². The number of carbonyl (C=O) groups excluding carboxylic acids is 1. The molecule has 3 heterocycles. The number of carbonyl (C=O) groups is 1. The number of nitrogens with zero attached hydrogens (tertiary/aromatic N) is 3. The molecule has 6 heteroatoms. The van der Waals surface area contributed by atoms with E-state index in [0.29, 0.717) is 36.0 Å². The third-order valence-electron chi connectivity index (χ3n) is 6.09. The maximum absolute atomic E-state index is 13.5. The molecule has 0 radical (unpaired) electrons. The summed E-state index contributed by atoms with van der Waals surface area (Å²) in [6.07, 6.45) is 3.58. The van der Waals surface area contributed by atoms with E-state index in [9.17, 15) is 9.90 Å². The van der Waals surface area contributed by atoms with E-state index >= 15 is 0 Å². The molecular formula is C26H25N3O3. The van der Waals surface area contributed by atoms with Gasteiger partial charge in [-0.25, -0.2) is 4.68 Å². The van der Waals surface area contributed by atoms with E-state index in [-0.39, 0.29) is 11.7 Å². The average Bonchev–Trinajstić information content (AvgIpc) is 3.46. The Hall–Kier alpha value is -3.80. The highest BCUT2D eigenvalue weighted by molar-refractivity contribution is 5.99. The Morgan fingerprint density at radius 1 is 1.00 bits per heavy atom. The number of aryl methyl sites for hydroxylation is 1. The largest absolute Gasteiger partial charge is 0.508 e. The molecule has 0 atom stereocenters. The number of amides is 1. The maximum Gasteiger partial charge on any atom is 0.257 e. The second kappa shape index (κ2) is 8.38. The molecular weight excluding hydrogens is 402 g/mol. The number of piperidine rings is 1. The van der Waals surface area contributed by atoms with Crippen LogP contribution in [0.3, 0.4) is 0 Å². The van der Waals surface area contributed by atoms with Gasteiger partial charge in [0.25, 0.3) is 5.91 Å². The predicted molar refractivity (Wildman–Crippen MR) is 122 cm³/mol. The lowest BCUT2D eigenvalue weighted by atomic mass is 9.89. The van der Waals surface area contributed by atoms with Gasteiger partial charge in [-0.3, -0.25) is 4.79 Å². The number of para-hydroxylation sites is 1. The minimum absolute atomic E-state index is 0.0274. The molecule has 1 fully saturated rings. The Morgan fingerprint density at radius 2 is 1.72 bits per heavy atom. The van der Waals surface area contributed by atoms with E-state index in [1.54, 1.807) is 23.0 Å². The number of hydrogen-bond donors (Lipinski definition) is 1. The summed E-state index contributed by atoms with van der Waals surface area (Å²) in [6.45, 7) is 3.24. The van der Waals surface area contributed by atoms with Crippen molar-refractivity contribution in [1.82, 2.24) is 14.7 Å². The third-order valence-corrected chi connectivity index (χ3v) is 6.09. The number of phenols is 1. The molecule has 1 aliphatic rings. The zero-order valence-corrected chi connectivity index (χ0v) is 17.9. The number of hydrogen-bond acceptors (Lipinski definition) is 4. The van der Waals surface area contributed by atoms with Crippen LogP contribution in [0.15, 0.2) is 77.3 Å². The van der Waals surface area contributed by atoms with Gasteiger partial charge in [0.1, 0.15) is 17.2 Å². The van der Waals surface area contributed by atoms with Crippen LogP contribution in [0.1, 0.15) is 40.4 Å². The Kier molecular flexibility index (Phi) is 5.27. The third kappa shape index (κ3) is 3.91. The zero-order valence-electron chi connectivity index (χ0n) is 17.9. The summed E-state index contributed by atoms with van der Waals surface area (Å²) in [5.74, 6) is 2.01. The second-order valence-electron chi connectivity index (χ2n) is 8.24. The van der Waals surface area contributed by atoms with Gasteiger partial charge in [-0.05, 0) is 67.6 Å². The van der Waals surface area contributed by atoms with E-state index in [4.69, 9.17) is 9.52 Å². The van der Waals surface area contributed by atoms with Gasteiger partial charge < -0.3 is 14.4 Å². The van der Waals surface area contributed by atoms with Crippen LogP contribution in [0.5, 0.6) is 5.75 Å². The molecule has 5 rings (SSSR count). The normalized spacial score (nSPS) is 14.6. The number of rotatable bonds is 4. The summed E-state index contributed by atoms with van der Waals surface area (Å²) in [7, 11) is 0. The van der Waals surface area contributed by atoms with Crippen molar-refractivity contribution in [3.8, 4) is 22.9 Å². The number of likely N-dealkylation sites (tertiary alicyclic amines) is 1. The van der Waals surface area contributed by atoms with Gasteiger partial charge in [0, 0.05) is 19.3 Å². The molecule has 32 heavy (non-hydrogen) atoms. The van der Waals surface area contributed by atoms with E-state index in [1.807, 2.05) is 66.4 Å². The first kappa shape index (κ1) is 20.1. The Bertz CT molecular complexity index is 1220. The highest BCUT2D eigenvalue weighted by Crippen LogP contribution is 2.32. The number of aromatic hydroxyl groups is 1. The van der Waals surface area contributed by atoms with Gasteiger partial charge in [0.15, 0.2) is 5.76 Å². The molecule has 0 saturated carbocycles. The van der Waals surface area contributed by atoms with E-state index in [2.05, 4.69) is 0 Å². The van der Waals surface area contributed by atoms with Crippen LogP contribution < -0.4 is 0 Å². The lowest BCUT2D eigenvalue weighted by Gasteiger charge is -2.32. The van der Waals surface area contributed by atoms with Crippen LogP contribution in [0.2, 0.25) is 0 Å². The maximum atomic E-state index is 13.5. The SMILES string of the molecule is Cc1ccc(-c2nn(-c3ccccc3)cc2C(=O)N2CCC(c3ccc(O)cc3)CC2)o1. The lowest BCUT2D eigenvalue weighted by molar-refractivity contribution is 0.0713. The molecule has 0 bridgehead atoms. The summed E-state index contributed by atoms with van der Waals surface area (Å²) in [5.41, 5.74) is 3.21. The predicted octanol–water partition coefficient (Wildman–Crippen LogP) is 5.17. The van der Waals surface area contributed by atoms with Crippen molar-refractivity contribution in [2.24, 2.45) is 0 Å². The molecule has 162 valence electrons. The zero-order chi connectivity index (χ0) is 22.1. The second-order valence-corrected chi connectivity index (χ2v) is 8.24. The average molecular weight is 428 g/mol. The first-order valence-electron chi connectivity index (χ1n) is 10.9. The summed E-state index contributed by atoms with van der Waals surface area (Å²) >= 11 is 0. The number of furan rings is 1. The van der Waals surface area contributed by atoms with Crippen LogP contribution in [0.4, 0.5) is 0 Å². The fourth-order valence-electron chi connectivity index (χ4n) is 4.32. The van der Waals surface area contributed by atoms with Gasteiger partial charge in [0.2, 0.25) is 0 Å². The molecule has 0 spiro atoms. The number of benzene rings is 2. The molecule has 4 aromatic rings. The van der Waals surface area contributed by atoms with Crippen LogP contribution in [0, 0.1) is 6.92 Å². The first-order chi connectivity index (χ1) is 15.6. The lowest BCUT2D eigenvalue weighted by Crippen LogP contribution is -2.38. The monoisotopic (exact) mass is 427 g/mol. The van der Waals surface area contributed by atoms with Crippen molar-refractivity contribution in [3.63, 3.8) is 0 Å². The van der Waals surface area contributed by atoms with Crippen molar-refractivity contribution >= 4 is 5.91 Å². The molecule has 2 aromatic heterocycles. The van der Waals surface area contributed by atoms with E-state index in [0.717, 1.165) is 24.3 Å². The van der Waals surface area contributed by atoms with Crippen LogP contribution >= 0.6 is 0 Å². The fraction of sp³-hybridized carbons (Fsp3) is 0.231. The van der Waals surface area contributed by atoms with Crippen LogP contribution in [-0.4, -0.2) is 38.8 Å². The molecule has 1 N–H and O–H groups in total. The van der Waals surface area contributed by atoms with Gasteiger partial charge in [0.05, 0.1) is 11.3 Å². The topological polar surface area (TPSA) is 71.5 Å². The molecule has 6 nitrogen and oxygen atoms in total. The Morgan fingerprint density at radius 3 is 2.38 bits per heavy atom. The molecule has 1 saturated heterocycles. The van der Waals surface area contributed by atoms with Gasteiger partial charge in [-0.1, -0.05) is 30.3 Å². The van der Waals surface area contributed by atoms with Gasteiger partial charge >= 0.3 is 0 Å². The fourth-order valence-corrected chi connectivity index (χ4v) is 4.32. The highest BCUT2D eigenvalue weighted by Gasteiger charge is 2.29. The summed E-state index contributed by atoms with van der Waals surface area (Å²) in [5, 5.41) is 14.2. The molecule has 2 aromatic carbocycles. The van der Waals surface area contributed by atoms with Crippen molar-refractivity contribution in [1.29, 1.82) is 0 Å². The van der Waals surface area contributed by atoms with Gasteiger partial charge in [-0.15, -0.1) is 0 Å². The van der Waals surface area contributed by atoms with E-state index < -0.39 is 0 Å². The van der Waals surface area contributed by atoms with E-state index in [1.165, 1.54) is 5.56 Å². The summed E-state index contributed by atoms with van der Waals surface area (Å²) in [6, 6.07) is 20.9. The Balaban J connectivity index is 1.40. The van der Waals surface area contributed by atoms with Crippen molar-refractivity contribution < 1.29 is 14.3 Å². The van der Waals surface area contributed by atoms with Crippen LogP contribution in [0.25, 0.3) is 17.1 Å². The number of phenolic OH excluding ortho intramolecular Hbond substituents is 1. The molecule has 1 amide bonds. The minimum Gasteiger partial charge on any atom is -0.508 e. The van der Waals surface area contributed by atoms with Gasteiger partial charge in [-0.2, -0.15) is 5.10 Å².